The van der Waals surface area contributed by atoms with Crippen molar-refractivity contribution in [3.8, 4) is 0 Å². The number of aliphatic hydroxyl groups is 1. The Morgan fingerprint density at radius 3 is 2.35 bits per heavy atom. The molecule has 1 aromatic heterocycles. The number of aryl methyl sites for hydroxylation is 1. The number of aliphatic hydroxyl groups excluding tert-OH is 1. The van der Waals surface area contributed by atoms with Crippen molar-refractivity contribution >= 4 is 21.7 Å². The van der Waals surface area contributed by atoms with Crippen LogP contribution >= 0.6 is 0 Å². The summed E-state index contributed by atoms with van der Waals surface area (Å²) in [4.78, 5) is 28.7. The molecule has 3 aromatic rings. The molecule has 1 saturated carbocycles. The molecule has 4 rings (SSSR count). The van der Waals surface area contributed by atoms with E-state index >= 15 is 0 Å². The highest BCUT2D eigenvalue weighted by molar-refractivity contribution is 7.91. The number of hydrogen-bond acceptors (Lipinski definition) is 7. The van der Waals surface area contributed by atoms with Crippen molar-refractivity contribution in [2.24, 2.45) is 5.73 Å². The van der Waals surface area contributed by atoms with Gasteiger partial charge >= 0.3 is 6.18 Å². The van der Waals surface area contributed by atoms with Gasteiger partial charge in [-0.05, 0) is 74.1 Å². The molecule has 2 amide bonds. The summed E-state index contributed by atoms with van der Waals surface area (Å²) in [5, 5.41) is 20.1. The number of carbonyl (C=O) groups is 2. The molecule has 48 heavy (non-hydrogen) atoms. The lowest BCUT2D eigenvalue weighted by Gasteiger charge is -2.38. The lowest BCUT2D eigenvalue weighted by Crippen LogP contribution is -2.58. The quantitative estimate of drug-likeness (QED) is 0.176. The Kier molecular flexibility index (Phi) is 11.3. The van der Waals surface area contributed by atoms with E-state index in [1.807, 2.05) is 0 Å². The van der Waals surface area contributed by atoms with E-state index in [2.05, 4.69) is 15.5 Å². The second-order valence-electron chi connectivity index (χ2n) is 12.2. The Hall–Kier alpha value is -3.89. The Labute approximate surface area is 274 Å². The fraction of sp³-hybridized carbons (Fsp3) is 0.469. The van der Waals surface area contributed by atoms with Crippen molar-refractivity contribution in [1.82, 2.24) is 20.4 Å². The van der Waals surface area contributed by atoms with Gasteiger partial charge in [0.15, 0.2) is 9.84 Å². The van der Waals surface area contributed by atoms with Gasteiger partial charge in [-0.2, -0.15) is 18.3 Å². The number of nitrogens with zero attached hydrogens (tertiary/aromatic N) is 2. The second kappa shape index (κ2) is 14.7. The lowest BCUT2D eigenvalue weighted by atomic mass is 9.96. The van der Waals surface area contributed by atoms with Crippen molar-refractivity contribution in [3.05, 3.63) is 88.2 Å². The minimum atomic E-state index is -4.71. The van der Waals surface area contributed by atoms with E-state index in [9.17, 15) is 45.1 Å². The standard InChI is InChI=1S/C32H38F5N5O5S/c1-3-4-10-48(46,47)18-27(39-29(44)26-11-19(2)40-41-26)30(45)42(17-28(43)25(38)14-20-12-23(33)16-24(34)13-20)31(8-9-31)21-6-5-7-22(15-21)32(35,36)37/h5-7,11-13,15-16,25,27-28,43H,3-4,8-10,14,17-18,38H2,1-2H3,(H,39,44)(H,40,41)/t25-,27+,28+/m0/s1. The average molecular weight is 700 g/mol. The van der Waals surface area contributed by atoms with E-state index in [1.165, 1.54) is 18.2 Å². The molecule has 262 valence electrons. The van der Waals surface area contributed by atoms with Gasteiger partial charge in [-0.25, -0.2) is 17.2 Å². The predicted octanol–water partition coefficient (Wildman–Crippen LogP) is 3.78. The molecular formula is C32H38F5N5O5S. The van der Waals surface area contributed by atoms with Crippen molar-refractivity contribution in [3.63, 3.8) is 0 Å². The van der Waals surface area contributed by atoms with E-state index in [0.29, 0.717) is 18.2 Å². The number of aromatic amines is 1. The summed E-state index contributed by atoms with van der Waals surface area (Å²) in [6.45, 7) is 2.80. The van der Waals surface area contributed by atoms with Gasteiger partial charge in [-0.3, -0.25) is 14.7 Å². The minimum Gasteiger partial charge on any atom is -0.390 e. The van der Waals surface area contributed by atoms with Crippen molar-refractivity contribution < 1.29 is 45.1 Å². The first-order chi connectivity index (χ1) is 22.4. The first-order valence-electron chi connectivity index (χ1n) is 15.3. The second-order valence-corrected chi connectivity index (χ2v) is 14.4. The summed E-state index contributed by atoms with van der Waals surface area (Å²) in [6, 6.07) is 5.46. The molecule has 0 bridgehead atoms. The zero-order valence-corrected chi connectivity index (χ0v) is 27.2. The molecular weight excluding hydrogens is 661 g/mol. The van der Waals surface area contributed by atoms with E-state index in [1.54, 1.807) is 13.8 Å². The van der Waals surface area contributed by atoms with Gasteiger partial charge < -0.3 is 21.1 Å². The number of rotatable bonds is 15. The predicted molar refractivity (Wildman–Crippen MR) is 166 cm³/mol. The minimum absolute atomic E-state index is 0.0838. The summed E-state index contributed by atoms with van der Waals surface area (Å²) in [5.74, 6) is -4.73. The first kappa shape index (κ1) is 36.9. The molecule has 0 spiro atoms. The normalized spacial score (nSPS) is 16.2. The van der Waals surface area contributed by atoms with Crippen molar-refractivity contribution in [2.45, 2.75) is 75.9 Å². The average Bonchev–Trinajstić information content (AvgIpc) is 3.69. The number of nitrogens with two attached hydrogens (primary N) is 1. The monoisotopic (exact) mass is 699 g/mol. The number of benzene rings is 2. The third-order valence-electron chi connectivity index (χ3n) is 8.26. The number of carbonyl (C=O) groups excluding carboxylic acids is 2. The van der Waals surface area contributed by atoms with Crippen molar-refractivity contribution in [1.29, 1.82) is 0 Å². The fourth-order valence-electron chi connectivity index (χ4n) is 5.58. The highest BCUT2D eigenvalue weighted by Crippen LogP contribution is 2.52. The highest BCUT2D eigenvalue weighted by Gasteiger charge is 2.54. The van der Waals surface area contributed by atoms with Crippen LogP contribution in [0.1, 0.15) is 65.5 Å². The molecule has 16 heteroatoms. The number of alkyl halides is 3. The summed E-state index contributed by atoms with van der Waals surface area (Å²) in [5.41, 5.74) is 4.39. The molecule has 10 nitrogen and oxygen atoms in total. The van der Waals surface area contributed by atoms with Gasteiger partial charge in [-0.1, -0.05) is 25.5 Å². The van der Waals surface area contributed by atoms with Crippen LogP contribution in [0.3, 0.4) is 0 Å². The summed E-state index contributed by atoms with van der Waals surface area (Å²) >= 11 is 0. The maximum absolute atomic E-state index is 14.5. The van der Waals surface area contributed by atoms with Crippen LogP contribution in [0.5, 0.6) is 0 Å². The Balaban J connectivity index is 1.73. The molecule has 1 aliphatic rings. The fourth-order valence-corrected chi connectivity index (χ4v) is 7.21. The Morgan fingerprint density at radius 2 is 1.79 bits per heavy atom. The highest BCUT2D eigenvalue weighted by atomic mass is 32.2. The SMILES string of the molecule is CCCCS(=O)(=O)C[C@@H](NC(=O)c1cc(C)[nH]n1)C(=O)N(C[C@@H](O)[C@@H](N)Cc1cc(F)cc(F)c1)C1(c2cccc(C(F)(F)F)c2)CC1. The molecule has 0 saturated heterocycles. The number of halogens is 5. The summed E-state index contributed by atoms with van der Waals surface area (Å²) in [6.07, 6.45) is -5.43. The van der Waals surface area contributed by atoms with Crippen LogP contribution in [0.25, 0.3) is 0 Å². The van der Waals surface area contributed by atoms with Gasteiger partial charge in [-0.15, -0.1) is 0 Å². The number of H-pyrrole nitrogens is 1. The van der Waals surface area contributed by atoms with Gasteiger partial charge in [0.2, 0.25) is 5.91 Å². The van der Waals surface area contributed by atoms with Gasteiger partial charge in [0, 0.05) is 24.3 Å². The molecule has 0 unspecified atom stereocenters. The van der Waals surface area contributed by atoms with E-state index in [-0.39, 0.29) is 48.3 Å². The number of sulfone groups is 1. The Bertz CT molecular complexity index is 1710. The Morgan fingerprint density at radius 1 is 1.12 bits per heavy atom. The molecule has 0 aliphatic heterocycles. The van der Waals surface area contributed by atoms with Crippen LogP contribution in [-0.2, 0) is 32.8 Å². The van der Waals surface area contributed by atoms with Crippen LogP contribution in [0.4, 0.5) is 22.0 Å². The molecule has 1 aliphatic carbocycles. The zero-order chi connectivity index (χ0) is 35.4. The number of nitrogens with one attached hydrogen (secondary N) is 2. The van der Waals surface area contributed by atoms with E-state index in [0.717, 1.165) is 29.2 Å². The van der Waals surface area contributed by atoms with Crippen molar-refractivity contribution in [2.75, 3.05) is 18.1 Å². The topological polar surface area (TPSA) is 158 Å². The molecule has 0 radical (unpaired) electrons. The van der Waals surface area contributed by atoms with Crippen LogP contribution in [-0.4, -0.2) is 76.7 Å². The van der Waals surface area contributed by atoms with Crippen LogP contribution in [0.2, 0.25) is 0 Å². The smallest absolute Gasteiger partial charge is 0.390 e. The van der Waals surface area contributed by atoms with E-state index in [4.69, 9.17) is 5.73 Å². The molecule has 1 fully saturated rings. The molecule has 5 N–H and O–H groups in total. The molecule has 1 heterocycles. The van der Waals surface area contributed by atoms with Gasteiger partial charge in [0.05, 0.1) is 28.7 Å². The first-order valence-corrected chi connectivity index (χ1v) is 17.2. The number of unbranched alkanes of at least 4 members (excludes halogenated alkanes) is 1. The number of aromatic nitrogens is 2. The summed E-state index contributed by atoms with van der Waals surface area (Å²) < 4.78 is 95.1. The largest absolute Gasteiger partial charge is 0.416 e. The number of hydrogen-bond donors (Lipinski definition) is 4. The number of amides is 2. The van der Waals surface area contributed by atoms with Crippen LogP contribution in [0, 0.1) is 18.6 Å². The van der Waals surface area contributed by atoms with Gasteiger partial charge in [0.1, 0.15) is 23.4 Å². The summed E-state index contributed by atoms with van der Waals surface area (Å²) in [7, 11) is -3.95. The van der Waals surface area contributed by atoms with Crippen LogP contribution in [0.15, 0.2) is 48.5 Å². The molecule has 3 atom stereocenters. The van der Waals surface area contributed by atoms with Gasteiger partial charge in [0.25, 0.3) is 5.91 Å². The third kappa shape index (κ3) is 9.17. The van der Waals surface area contributed by atoms with Crippen LogP contribution < -0.4 is 11.1 Å². The maximum atomic E-state index is 14.5. The zero-order valence-electron chi connectivity index (χ0n) is 26.4. The lowest BCUT2D eigenvalue weighted by molar-refractivity contribution is -0.138. The third-order valence-corrected chi connectivity index (χ3v) is 10.0. The molecule has 2 aromatic carbocycles. The van der Waals surface area contributed by atoms with E-state index < -0.39 is 81.0 Å². The maximum Gasteiger partial charge on any atom is 0.416 e.